The lowest BCUT2D eigenvalue weighted by molar-refractivity contribution is 0.333. The molecule has 2 aliphatic rings. The number of rotatable bonds is 4. The van der Waals surface area contributed by atoms with Gasteiger partial charge < -0.3 is 5.32 Å². The second-order valence-corrected chi connectivity index (χ2v) is 9.60. The van der Waals surface area contributed by atoms with Crippen LogP contribution in [0.3, 0.4) is 0 Å². The molecular formula is C12H17BrN2O2S2. The predicted octanol–water partition coefficient (Wildman–Crippen LogP) is 2.40. The number of nitrogens with zero attached hydrogens (tertiary/aromatic N) is 1. The van der Waals surface area contributed by atoms with Gasteiger partial charge in [0.25, 0.3) is 0 Å². The van der Waals surface area contributed by atoms with Gasteiger partial charge in [-0.05, 0) is 54.2 Å². The fourth-order valence-corrected chi connectivity index (χ4v) is 7.52. The largest absolute Gasteiger partial charge is 0.315 e. The molecule has 7 heteroatoms. The van der Waals surface area contributed by atoms with Crippen molar-refractivity contribution in [2.45, 2.75) is 36.7 Å². The maximum atomic E-state index is 12.7. The molecule has 1 aromatic rings. The van der Waals surface area contributed by atoms with Crippen LogP contribution in [0.5, 0.6) is 0 Å². The Bertz CT molecular complexity index is 585. The van der Waals surface area contributed by atoms with Gasteiger partial charge in [0.05, 0.1) is 3.79 Å². The number of hydrogen-bond acceptors (Lipinski definition) is 4. The summed E-state index contributed by atoms with van der Waals surface area (Å²) in [5.41, 5.74) is 0. The first-order chi connectivity index (χ1) is 9.02. The minimum absolute atomic E-state index is 0.231. The van der Waals surface area contributed by atoms with Crippen molar-refractivity contribution in [2.75, 3.05) is 13.6 Å². The van der Waals surface area contributed by atoms with Crippen molar-refractivity contribution >= 4 is 37.3 Å². The summed E-state index contributed by atoms with van der Waals surface area (Å²) in [7, 11) is -1.47. The van der Waals surface area contributed by atoms with Crippen LogP contribution < -0.4 is 5.32 Å². The van der Waals surface area contributed by atoms with Gasteiger partial charge in [0.2, 0.25) is 10.0 Å². The molecule has 3 rings (SSSR count). The molecule has 1 N–H and O–H groups in total. The third-order valence-corrected chi connectivity index (χ3v) is 8.17. The summed E-state index contributed by atoms with van der Waals surface area (Å²) in [6, 6.07) is 2.03. The average molecular weight is 365 g/mol. The van der Waals surface area contributed by atoms with Crippen molar-refractivity contribution in [3.63, 3.8) is 0 Å². The summed E-state index contributed by atoms with van der Waals surface area (Å²) in [5.74, 6) is 0.578. The molecule has 2 fully saturated rings. The molecule has 0 radical (unpaired) electrons. The lowest BCUT2D eigenvalue weighted by Gasteiger charge is -2.25. The zero-order valence-corrected chi connectivity index (χ0v) is 13.9. The van der Waals surface area contributed by atoms with Gasteiger partial charge >= 0.3 is 0 Å². The number of halogens is 1. The topological polar surface area (TPSA) is 49.4 Å². The molecule has 0 aromatic carbocycles. The first-order valence-electron chi connectivity index (χ1n) is 6.47. The van der Waals surface area contributed by atoms with Crippen LogP contribution >= 0.6 is 27.3 Å². The smallest absolute Gasteiger partial charge is 0.245 e. The highest BCUT2D eigenvalue weighted by atomic mass is 79.9. The average Bonchev–Trinajstić information content (AvgIpc) is 3.04. The lowest BCUT2D eigenvalue weighted by Crippen LogP contribution is -2.37. The normalized spacial score (nSPS) is 27.3. The number of hydrogen-bond donors (Lipinski definition) is 1. The molecular weight excluding hydrogens is 348 g/mol. The van der Waals surface area contributed by atoms with E-state index in [0.717, 1.165) is 21.5 Å². The Morgan fingerprint density at radius 3 is 2.89 bits per heavy atom. The van der Waals surface area contributed by atoms with Gasteiger partial charge in [0.1, 0.15) is 4.90 Å². The summed E-state index contributed by atoms with van der Waals surface area (Å²) in [6.07, 6.45) is 3.26. The predicted molar refractivity (Wildman–Crippen MR) is 79.8 cm³/mol. The summed E-state index contributed by atoms with van der Waals surface area (Å²) < 4.78 is 27.9. The van der Waals surface area contributed by atoms with Crippen LogP contribution in [0.1, 0.15) is 24.1 Å². The SMILES string of the molecule is CNCc1cc(S(=O)(=O)N2CC3CCC2C3)c(Br)s1. The molecule has 1 aromatic heterocycles. The van der Waals surface area contributed by atoms with Crippen LogP contribution in [0.2, 0.25) is 0 Å². The van der Waals surface area contributed by atoms with Crippen LogP contribution in [0.15, 0.2) is 14.7 Å². The van der Waals surface area contributed by atoms with E-state index < -0.39 is 10.0 Å². The monoisotopic (exact) mass is 364 g/mol. The molecule has 1 saturated heterocycles. The van der Waals surface area contributed by atoms with E-state index in [-0.39, 0.29) is 6.04 Å². The molecule has 0 spiro atoms. The molecule has 2 atom stereocenters. The number of piperidine rings is 1. The molecule has 19 heavy (non-hydrogen) atoms. The fraction of sp³-hybridized carbons (Fsp3) is 0.667. The lowest BCUT2D eigenvalue weighted by atomic mass is 10.1. The van der Waals surface area contributed by atoms with Crippen LogP contribution in [0, 0.1) is 5.92 Å². The van der Waals surface area contributed by atoms with Gasteiger partial charge in [0.15, 0.2) is 0 Å². The second kappa shape index (κ2) is 5.11. The van der Waals surface area contributed by atoms with E-state index in [1.54, 1.807) is 10.4 Å². The van der Waals surface area contributed by atoms with E-state index in [1.165, 1.54) is 17.8 Å². The van der Waals surface area contributed by atoms with Gasteiger partial charge in [-0.1, -0.05) is 0 Å². The minimum atomic E-state index is -3.33. The minimum Gasteiger partial charge on any atom is -0.315 e. The van der Waals surface area contributed by atoms with Gasteiger partial charge in [-0.2, -0.15) is 4.31 Å². The van der Waals surface area contributed by atoms with Crippen LogP contribution in [-0.4, -0.2) is 32.4 Å². The van der Waals surface area contributed by atoms with E-state index >= 15 is 0 Å². The molecule has 1 aliphatic carbocycles. The van der Waals surface area contributed by atoms with Crippen LogP contribution in [0.4, 0.5) is 0 Å². The third-order valence-electron chi connectivity index (χ3n) is 4.00. The van der Waals surface area contributed by atoms with Crippen molar-refractivity contribution in [3.05, 3.63) is 14.7 Å². The van der Waals surface area contributed by atoms with Crippen LogP contribution in [0.25, 0.3) is 0 Å². The maximum Gasteiger partial charge on any atom is 0.245 e. The number of sulfonamides is 1. The molecule has 2 bridgehead atoms. The van der Waals surface area contributed by atoms with Crippen molar-refractivity contribution < 1.29 is 8.42 Å². The Morgan fingerprint density at radius 1 is 1.53 bits per heavy atom. The van der Waals surface area contributed by atoms with Gasteiger partial charge in [-0.15, -0.1) is 11.3 Å². The van der Waals surface area contributed by atoms with Gasteiger partial charge in [0, 0.05) is 24.0 Å². The Balaban J connectivity index is 1.92. The van der Waals surface area contributed by atoms with E-state index in [1.807, 2.05) is 7.05 Å². The highest BCUT2D eigenvalue weighted by Crippen LogP contribution is 2.42. The zero-order chi connectivity index (χ0) is 13.6. The summed E-state index contributed by atoms with van der Waals surface area (Å²) in [5, 5.41) is 3.05. The zero-order valence-electron chi connectivity index (χ0n) is 10.7. The van der Waals surface area contributed by atoms with Crippen molar-refractivity contribution in [1.29, 1.82) is 0 Å². The first-order valence-corrected chi connectivity index (χ1v) is 9.52. The summed E-state index contributed by atoms with van der Waals surface area (Å²) in [4.78, 5) is 1.48. The number of fused-ring (bicyclic) bond motifs is 2. The number of nitrogens with one attached hydrogen (secondary N) is 1. The highest BCUT2D eigenvalue weighted by Gasteiger charge is 2.45. The number of thiophene rings is 1. The Morgan fingerprint density at radius 2 is 2.32 bits per heavy atom. The maximum absolute atomic E-state index is 12.7. The quantitative estimate of drug-likeness (QED) is 0.892. The van der Waals surface area contributed by atoms with Gasteiger partial charge in [-0.25, -0.2) is 8.42 Å². The molecule has 1 aliphatic heterocycles. The van der Waals surface area contributed by atoms with E-state index in [0.29, 0.717) is 23.9 Å². The Hall–Kier alpha value is 0.0500. The van der Waals surface area contributed by atoms with E-state index in [2.05, 4.69) is 21.2 Å². The summed E-state index contributed by atoms with van der Waals surface area (Å²) >= 11 is 4.90. The van der Waals surface area contributed by atoms with E-state index in [4.69, 9.17) is 0 Å². The van der Waals surface area contributed by atoms with E-state index in [9.17, 15) is 8.42 Å². The molecule has 0 amide bonds. The Kier molecular flexibility index (Phi) is 3.77. The molecule has 1 saturated carbocycles. The third kappa shape index (κ3) is 2.40. The van der Waals surface area contributed by atoms with Crippen molar-refractivity contribution in [3.8, 4) is 0 Å². The highest BCUT2D eigenvalue weighted by molar-refractivity contribution is 9.11. The van der Waals surface area contributed by atoms with Crippen molar-refractivity contribution in [1.82, 2.24) is 9.62 Å². The van der Waals surface area contributed by atoms with Crippen molar-refractivity contribution in [2.24, 2.45) is 5.92 Å². The molecule has 106 valence electrons. The Labute approximate surface area is 126 Å². The molecule has 2 unspecified atom stereocenters. The molecule has 2 heterocycles. The van der Waals surface area contributed by atoms with Gasteiger partial charge in [-0.3, -0.25) is 0 Å². The second-order valence-electron chi connectivity index (χ2n) is 5.29. The first kappa shape index (κ1) is 14.0. The standard InChI is InChI=1S/C12H17BrN2O2S2/c1-14-6-10-5-11(12(13)18-10)19(16,17)15-7-8-2-3-9(15)4-8/h5,8-9,14H,2-4,6-7H2,1H3. The molecule has 4 nitrogen and oxygen atoms in total. The van der Waals surface area contributed by atoms with Crippen LogP contribution in [-0.2, 0) is 16.6 Å². The summed E-state index contributed by atoms with van der Waals surface area (Å²) in [6.45, 7) is 1.40. The fourth-order valence-electron chi connectivity index (χ4n) is 3.14.